The summed E-state index contributed by atoms with van der Waals surface area (Å²) in [4.78, 5) is 0. The minimum atomic E-state index is -0.249. The van der Waals surface area contributed by atoms with Crippen molar-refractivity contribution >= 4 is 18.9 Å². The molecule has 1 aliphatic rings. The molecule has 1 aromatic rings. The van der Waals surface area contributed by atoms with Gasteiger partial charge in [0.1, 0.15) is 11.5 Å². The van der Waals surface area contributed by atoms with Crippen molar-refractivity contribution in [3.8, 4) is 11.5 Å². The largest absolute Gasteiger partial charge is 0.628 e. The molecule has 1 aliphatic heterocycles. The summed E-state index contributed by atoms with van der Waals surface area (Å²) in [5.74, 6) is 2.73. The number of para-hydroxylation sites is 2. The standard InChI is InChI=1S/C11H13BO2S/c1-3-15-8-9(2)12-13-10-6-4-5-7-11(10)14-12/h4-8H,3H2,1-2H3. The highest BCUT2D eigenvalue weighted by Gasteiger charge is 2.33. The van der Waals surface area contributed by atoms with Crippen molar-refractivity contribution in [2.24, 2.45) is 0 Å². The molecule has 1 heterocycles. The molecule has 0 fully saturated rings. The Morgan fingerprint density at radius 2 is 1.93 bits per heavy atom. The summed E-state index contributed by atoms with van der Waals surface area (Å²) in [5.41, 5.74) is 1.11. The quantitative estimate of drug-likeness (QED) is 0.729. The van der Waals surface area contributed by atoms with Crippen LogP contribution in [0.3, 0.4) is 0 Å². The predicted octanol–water partition coefficient (Wildman–Crippen LogP) is 3.14. The Kier molecular flexibility index (Phi) is 3.26. The van der Waals surface area contributed by atoms with E-state index < -0.39 is 0 Å². The van der Waals surface area contributed by atoms with Crippen LogP contribution in [-0.4, -0.2) is 12.9 Å². The lowest BCUT2D eigenvalue weighted by Crippen LogP contribution is -2.26. The predicted molar refractivity (Wildman–Crippen MR) is 65.3 cm³/mol. The zero-order chi connectivity index (χ0) is 10.7. The lowest BCUT2D eigenvalue weighted by molar-refractivity contribution is 0.511. The van der Waals surface area contributed by atoms with Gasteiger partial charge < -0.3 is 9.31 Å². The fourth-order valence-corrected chi connectivity index (χ4v) is 1.90. The second-order valence-electron chi connectivity index (χ2n) is 3.33. The molecule has 0 spiro atoms. The van der Waals surface area contributed by atoms with Crippen LogP contribution >= 0.6 is 11.8 Å². The van der Waals surface area contributed by atoms with Gasteiger partial charge in [0.25, 0.3) is 0 Å². The minimum Gasteiger partial charge on any atom is -0.519 e. The molecule has 1 aromatic carbocycles. The van der Waals surface area contributed by atoms with E-state index in [1.165, 1.54) is 0 Å². The molecule has 0 saturated heterocycles. The van der Waals surface area contributed by atoms with Gasteiger partial charge in [-0.3, -0.25) is 0 Å². The molecular formula is C11H13BO2S. The van der Waals surface area contributed by atoms with Gasteiger partial charge in [0.2, 0.25) is 0 Å². The van der Waals surface area contributed by atoms with E-state index >= 15 is 0 Å². The van der Waals surface area contributed by atoms with Gasteiger partial charge in [0, 0.05) is 0 Å². The van der Waals surface area contributed by atoms with Crippen molar-refractivity contribution in [2.75, 3.05) is 5.75 Å². The maximum atomic E-state index is 5.66. The van der Waals surface area contributed by atoms with E-state index in [9.17, 15) is 0 Å². The van der Waals surface area contributed by atoms with Gasteiger partial charge >= 0.3 is 7.12 Å². The van der Waals surface area contributed by atoms with Gasteiger partial charge in [-0.2, -0.15) is 0 Å². The molecule has 2 rings (SSSR count). The number of rotatable bonds is 3. The first-order valence-corrected chi connectivity index (χ1v) is 6.06. The Morgan fingerprint density at radius 1 is 1.33 bits per heavy atom. The second kappa shape index (κ2) is 4.66. The van der Waals surface area contributed by atoms with Crippen LogP contribution in [-0.2, 0) is 0 Å². The fourth-order valence-electron chi connectivity index (χ4n) is 1.36. The number of benzene rings is 1. The first kappa shape index (κ1) is 10.5. The SMILES string of the molecule is CCSC=C(C)B1Oc2ccccc2O1. The second-order valence-corrected chi connectivity index (χ2v) is 4.48. The first-order chi connectivity index (χ1) is 7.31. The van der Waals surface area contributed by atoms with Crippen LogP contribution in [0.25, 0.3) is 0 Å². The first-order valence-electron chi connectivity index (χ1n) is 5.02. The monoisotopic (exact) mass is 220 g/mol. The highest BCUT2D eigenvalue weighted by Crippen LogP contribution is 2.34. The van der Waals surface area contributed by atoms with Crippen LogP contribution in [0, 0.1) is 0 Å². The Hall–Kier alpha value is -1.03. The Bertz CT molecular complexity index is 354. The summed E-state index contributed by atoms with van der Waals surface area (Å²) in [6.07, 6.45) is 0. The van der Waals surface area contributed by atoms with Crippen LogP contribution in [0.2, 0.25) is 0 Å². The maximum absolute atomic E-state index is 5.66. The van der Waals surface area contributed by atoms with E-state index in [2.05, 4.69) is 12.3 Å². The molecule has 78 valence electrons. The van der Waals surface area contributed by atoms with Gasteiger partial charge in [-0.25, -0.2) is 0 Å². The van der Waals surface area contributed by atoms with E-state index in [1.807, 2.05) is 31.2 Å². The summed E-state index contributed by atoms with van der Waals surface area (Å²) in [7, 11) is -0.249. The molecule has 0 unspecified atom stereocenters. The van der Waals surface area contributed by atoms with Crippen LogP contribution in [0.15, 0.2) is 35.1 Å². The van der Waals surface area contributed by atoms with Crippen LogP contribution in [0.4, 0.5) is 0 Å². The summed E-state index contributed by atoms with van der Waals surface area (Å²) < 4.78 is 11.3. The van der Waals surface area contributed by atoms with E-state index in [0.717, 1.165) is 22.7 Å². The molecule has 0 aliphatic carbocycles. The lowest BCUT2D eigenvalue weighted by atomic mass is 9.81. The Morgan fingerprint density at radius 3 is 2.47 bits per heavy atom. The van der Waals surface area contributed by atoms with Crippen LogP contribution in [0.5, 0.6) is 11.5 Å². The number of hydrogen-bond acceptors (Lipinski definition) is 3. The zero-order valence-electron chi connectivity index (χ0n) is 8.90. The highest BCUT2D eigenvalue weighted by molar-refractivity contribution is 8.02. The van der Waals surface area contributed by atoms with Crippen molar-refractivity contribution in [1.82, 2.24) is 0 Å². The number of fused-ring (bicyclic) bond motifs is 1. The Balaban J connectivity index is 2.07. The van der Waals surface area contributed by atoms with Crippen molar-refractivity contribution in [2.45, 2.75) is 13.8 Å². The van der Waals surface area contributed by atoms with Gasteiger partial charge in [-0.1, -0.05) is 19.1 Å². The molecule has 4 heteroatoms. The molecule has 0 amide bonds. The van der Waals surface area contributed by atoms with Crippen molar-refractivity contribution in [1.29, 1.82) is 0 Å². The van der Waals surface area contributed by atoms with E-state index in [0.29, 0.717) is 0 Å². The lowest BCUT2D eigenvalue weighted by Gasteiger charge is -2.03. The van der Waals surface area contributed by atoms with Gasteiger partial charge in [0.15, 0.2) is 0 Å². The molecule has 0 atom stereocenters. The molecule has 0 N–H and O–H groups in total. The molecule has 15 heavy (non-hydrogen) atoms. The van der Waals surface area contributed by atoms with E-state index in [1.54, 1.807) is 11.8 Å². The van der Waals surface area contributed by atoms with Gasteiger partial charge in [-0.15, -0.1) is 11.8 Å². The molecular weight excluding hydrogens is 207 g/mol. The van der Waals surface area contributed by atoms with Crippen LogP contribution in [0.1, 0.15) is 13.8 Å². The molecule has 0 aromatic heterocycles. The Labute approximate surface area is 94.8 Å². The number of thioether (sulfide) groups is 1. The van der Waals surface area contributed by atoms with Gasteiger partial charge in [-0.05, 0) is 35.7 Å². The maximum Gasteiger partial charge on any atom is 0.628 e. The average molecular weight is 220 g/mol. The third-order valence-corrected chi connectivity index (χ3v) is 3.00. The van der Waals surface area contributed by atoms with E-state index in [4.69, 9.17) is 9.31 Å². The topological polar surface area (TPSA) is 18.5 Å². The number of allylic oxidation sites excluding steroid dienone is 1. The summed E-state index contributed by atoms with van der Waals surface area (Å²) in [6, 6.07) is 7.75. The third-order valence-electron chi connectivity index (χ3n) is 2.12. The zero-order valence-corrected chi connectivity index (χ0v) is 9.71. The molecule has 0 saturated carbocycles. The summed E-state index contributed by atoms with van der Waals surface area (Å²) >= 11 is 1.76. The fraction of sp³-hybridized carbons (Fsp3) is 0.273. The smallest absolute Gasteiger partial charge is 0.519 e. The molecule has 0 bridgehead atoms. The van der Waals surface area contributed by atoms with Crippen LogP contribution < -0.4 is 9.31 Å². The molecule has 0 radical (unpaired) electrons. The third kappa shape index (κ3) is 2.32. The summed E-state index contributed by atoms with van der Waals surface area (Å²) in [5, 5.41) is 2.09. The average Bonchev–Trinajstić information content (AvgIpc) is 2.69. The van der Waals surface area contributed by atoms with Crippen molar-refractivity contribution in [3.63, 3.8) is 0 Å². The highest BCUT2D eigenvalue weighted by atomic mass is 32.2. The van der Waals surface area contributed by atoms with E-state index in [-0.39, 0.29) is 7.12 Å². The number of hydrogen-bond donors (Lipinski definition) is 0. The normalized spacial score (nSPS) is 14.5. The minimum absolute atomic E-state index is 0.249. The van der Waals surface area contributed by atoms with Crippen molar-refractivity contribution < 1.29 is 9.31 Å². The van der Waals surface area contributed by atoms with Gasteiger partial charge in [0.05, 0.1) is 0 Å². The van der Waals surface area contributed by atoms with Crippen molar-refractivity contribution in [3.05, 3.63) is 35.1 Å². The summed E-state index contributed by atoms with van der Waals surface area (Å²) in [6.45, 7) is 4.15. The molecule has 2 nitrogen and oxygen atoms in total.